The predicted octanol–water partition coefficient (Wildman–Crippen LogP) is 3.66. The summed E-state index contributed by atoms with van der Waals surface area (Å²) >= 11 is 1.90. The van der Waals surface area contributed by atoms with Gasteiger partial charge in [-0.1, -0.05) is 27.7 Å². The van der Waals surface area contributed by atoms with E-state index < -0.39 is 0 Å². The molecular formula is C16H28N2S. The number of aryl methyl sites for hydroxylation is 1. The molecule has 0 amide bonds. The summed E-state index contributed by atoms with van der Waals surface area (Å²) in [5.74, 6) is 0. The third-order valence-corrected chi connectivity index (χ3v) is 5.37. The highest BCUT2D eigenvalue weighted by molar-refractivity contribution is 7.10. The maximum atomic E-state index is 3.75. The first-order valence-electron chi connectivity index (χ1n) is 7.42. The van der Waals surface area contributed by atoms with E-state index in [1.54, 1.807) is 0 Å². The SMILES string of the molecule is CCC1CNC(C(C)(C)C)CN1Cc1sccc1C. The second-order valence-corrected chi connectivity index (χ2v) is 7.85. The maximum absolute atomic E-state index is 3.75. The largest absolute Gasteiger partial charge is 0.311 e. The molecule has 1 fully saturated rings. The lowest BCUT2D eigenvalue weighted by Crippen LogP contribution is -2.59. The van der Waals surface area contributed by atoms with E-state index in [0.717, 1.165) is 13.1 Å². The molecule has 108 valence electrons. The van der Waals surface area contributed by atoms with Gasteiger partial charge in [0, 0.05) is 36.6 Å². The zero-order valence-corrected chi connectivity index (χ0v) is 13.8. The third-order valence-electron chi connectivity index (χ3n) is 4.36. The summed E-state index contributed by atoms with van der Waals surface area (Å²) in [5, 5.41) is 5.96. The van der Waals surface area contributed by atoms with Crippen LogP contribution in [0.5, 0.6) is 0 Å². The summed E-state index contributed by atoms with van der Waals surface area (Å²) in [6.45, 7) is 15.0. The van der Waals surface area contributed by atoms with Crippen molar-refractivity contribution in [1.82, 2.24) is 10.2 Å². The van der Waals surface area contributed by atoms with Crippen LogP contribution in [0.4, 0.5) is 0 Å². The summed E-state index contributed by atoms with van der Waals surface area (Å²) in [7, 11) is 0. The van der Waals surface area contributed by atoms with Crippen LogP contribution in [0.1, 0.15) is 44.6 Å². The molecule has 2 unspecified atom stereocenters. The number of hydrogen-bond donors (Lipinski definition) is 1. The zero-order valence-electron chi connectivity index (χ0n) is 13.0. The van der Waals surface area contributed by atoms with E-state index in [-0.39, 0.29) is 0 Å². The maximum Gasteiger partial charge on any atom is 0.0334 e. The Morgan fingerprint density at radius 1 is 1.42 bits per heavy atom. The second-order valence-electron chi connectivity index (χ2n) is 6.85. The molecule has 2 rings (SSSR count). The molecule has 1 N–H and O–H groups in total. The van der Waals surface area contributed by atoms with Crippen LogP contribution >= 0.6 is 11.3 Å². The van der Waals surface area contributed by atoms with Crippen LogP contribution in [0.3, 0.4) is 0 Å². The van der Waals surface area contributed by atoms with Gasteiger partial charge >= 0.3 is 0 Å². The number of thiophene rings is 1. The molecule has 2 atom stereocenters. The molecule has 1 aliphatic rings. The van der Waals surface area contributed by atoms with Crippen molar-refractivity contribution in [2.75, 3.05) is 13.1 Å². The van der Waals surface area contributed by atoms with Gasteiger partial charge in [-0.15, -0.1) is 11.3 Å². The molecule has 0 spiro atoms. The smallest absolute Gasteiger partial charge is 0.0334 e. The minimum atomic E-state index is 0.335. The van der Waals surface area contributed by atoms with Gasteiger partial charge < -0.3 is 5.32 Å². The number of piperazine rings is 1. The van der Waals surface area contributed by atoms with Crippen molar-refractivity contribution in [1.29, 1.82) is 0 Å². The van der Waals surface area contributed by atoms with Crippen LogP contribution in [-0.4, -0.2) is 30.1 Å². The van der Waals surface area contributed by atoms with E-state index in [4.69, 9.17) is 0 Å². The second kappa shape index (κ2) is 5.94. The fourth-order valence-corrected chi connectivity index (χ4v) is 3.71. The van der Waals surface area contributed by atoms with Gasteiger partial charge in [0.25, 0.3) is 0 Å². The molecule has 0 radical (unpaired) electrons. The Hall–Kier alpha value is -0.380. The van der Waals surface area contributed by atoms with E-state index >= 15 is 0 Å². The topological polar surface area (TPSA) is 15.3 Å². The first-order chi connectivity index (χ1) is 8.91. The molecule has 0 aliphatic carbocycles. The number of rotatable bonds is 3. The lowest BCUT2D eigenvalue weighted by Gasteiger charge is -2.45. The molecule has 2 heterocycles. The van der Waals surface area contributed by atoms with Gasteiger partial charge in [0.15, 0.2) is 0 Å². The normalized spacial score (nSPS) is 25.7. The highest BCUT2D eigenvalue weighted by Crippen LogP contribution is 2.27. The van der Waals surface area contributed by atoms with Gasteiger partial charge in [0.05, 0.1) is 0 Å². The molecule has 1 aromatic rings. The highest BCUT2D eigenvalue weighted by Gasteiger charge is 2.33. The number of nitrogens with one attached hydrogen (secondary N) is 1. The van der Waals surface area contributed by atoms with E-state index in [0.29, 0.717) is 17.5 Å². The van der Waals surface area contributed by atoms with Crippen molar-refractivity contribution in [3.8, 4) is 0 Å². The molecule has 19 heavy (non-hydrogen) atoms. The Labute approximate surface area is 122 Å². The fourth-order valence-electron chi connectivity index (χ4n) is 2.78. The summed E-state index contributed by atoms with van der Waals surface area (Å²) in [5.41, 5.74) is 1.78. The summed E-state index contributed by atoms with van der Waals surface area (Å²) in [4.78, 5) is 4.22. The first kappa shape index (κ1) is 15.0. The van der Waals surface area contributed by atoms with Crippen molar-refractivity contribution in [3.63, 3.8) is 0 Å². The molecule has 1 saturated heterocycles. The lowest BCUT2D eigenvalue weighted by molar-refractivity contribution is 0.0782. The van der Waals surface area contributed by atoms with Gasteiger partial charge in [-0.2, -0.15) is 0 Å². The first-order valence-corrected chi connectivity index (χ1v) is 8.30. The Balaban J connectivity index is 2.08. The number of nitrogens with zero attached hydrogens (tertiary/aromatic N) is 1. The van der Waals surface area contributed by atoms with Crippen molar-refractivity contribution < 1.29 is 0 Å². The number of hydrogen-bond acceptors (Lipinski definition) is 3. The summed E-state index contributed by atoms with van der Waals surface area (Å²) in [6, 6.07) is 3.51. The van der Waals surface area contributed by atoms with Crippen LogP contribution in [0.25, 0.3) is 0 Å². The Morgan fingerprint density at radius 2 is 2.16 bits per heavy atom. The minimum Gasteiger partial charge on any atom is -0.311 e. The van der Waals surface area contributed by atoms with E-state index in [1.807, 2.05) is 11.3 Å². The Morgan fingerprint density at radius 3 is 2.68 bits per heavy atom. The van der Waals surface area contributed by atoms with Crippen LogP contribution in [-0.2, 0) is 6.54 Å². The van der Waals surface area contributed by atoms with E-state index in [1.165, 1.54) is 23.4 Å². The Bertz CT molecular complexity index is 405. The molecule has 0 saturated carbocycles. The summed E-state index contributed by atoms with van der Waals surface area (Å²) in [6.07, 6.45) is 1.23. The van der Waals surface area contributed by atoms with Crippen LogP contribution in [0, 0.1) is 12.3 Å². The molecular weight excluding hydrogens is 252 g/mol. The molecule has 3 heteroatoms. The molecule has 2 nitrogen and oxygen atoms in total. The highest BCUT2D eigenvalue weighted by atomic mass is 32.1. The monoisotopic (exact) mass is 280 g/mol. The lowest BCUT2D eigenvalue weighted by atomic mass is 9.84. The van der Waals surface area contributed by atoms with Crippen LogP contribution in [0.15, 0.2) is 11.4 Å². The van der Waals surface area contributed by atoms with Gasteiger partial charge in [-0.3, -0.25) is 4.90 Å². The quantitative estimate of drug-likeness (QED) is 0.909. The third kappa shape index (κ3) is 3.59. The molecule has 0 bridgehead atoms. The molecule has 1 aromatic heterocycles. The standard InChI is InChI=1S/C16H28N2S/c1-6-13-9-17-15(16(3,4)5)11-18(13)10-14-12(2)7-8-19-14/h7-8,13,15,17H,6,9-11H2,1-5H3. The minimum absolute atomic E-state index is 0.335. The fraction of sp³-hybridized carbons (Fsp3) is 0.750. The molecule has 0 aromatic carbocycles. The van der Waals surface area contributed by atoms with Gasteiger partial charge in [-0.25, -0.2) is 0 Å². The van der Waals surface area contributed by atoms with E-state index in [9.17, 15) is 0 Å². The summed E-state index contributed by atoms with van der Waals surface area (Å²) < 4.78 is 0. The Kier molecular flexibility index (Phi) is 4.70. The molecule has 1 aliphatic heterocycles. The van der Waals surface area contributed by atoms with Gasteiger partial charge in [-0.05, 0) is 35.8 Å². The van der Waals surface area contributed by atoms with Crippen molar-refractivity contribution >= 4 is 11.3 Å². The van der Waals surface area contributed by atoms with Crippen molar-refractivity contribution in [2.45, 2.75) is 59.7 Å². The van der Waals surface area contributed by atoms with Crippen LogP contribution < -0.4 is 5.32 Å². The predicted molar refractivity (Wildman–Crippen MR) is 84.8 cm³/mol. The van der Waals surface area contributed by atoms with Crippen LogP contribution in [0.2, 0.25) is 0 Å². The average molecular weight is 280 g/mol. The van der Waals surface area contributed by atoms with Gasteiger partial charge in [0.2, 0.25) is 0 Å². The average Bonchev–Trinajstić information content (AvgIpc) is 2.74. The van der Waals surface area contributed by atoms with E-state index in [2.05, 4.69) is 56.3 Å². The van der Waals surface area contributed by atoms with Gasteiger partial charge in [0.1, 0.15) is 0 Å². The zero-order chi connectivity index (χ0) is 14.0. The van der Waals surface area contributed by atoms with Crippen molar-refractivity contribution in [3.05, 3.63) is 21.9 Å². The van der Waals surface area contributed by atoms with Crippen molar-refractivity contribution in [2.24, 2.45) is 5.41 Å².